The van der Waals surface area contributed by atoms with Crippen LogP contribution in [0.3, 0.4) is 0 Å². The van der Waals surface area contributed by atoms with E-state index in [1.54, 1.807) is 0 Å². The fourth-order valence-corrected chi connectivity index (χ4v) is 1.03. The molecule has 1 aliphatic carbocycles. The standard InChI is InChI=1S/C9H12.3CO.Fe/c1-3-9-7-5-4-6-8(9)2;3*1-2;/h3-5,7-8H,1,6H2,2H3;;;;. The third-order valence-corrected chi connectivity index (χ3v) is 1.72. The van der Waals surface area contributed by atoms with Crippen molar-refractivity contribution in [1.29, 1.82) is 0 Å². The van der Waals surface area contributed by atoms with E-state index in [1.807, 2.05) is 6.08 Å². The molecule has 0 fully saturated rings. The Labute approximate surface area is 107 Å². The third kappa shape index (κ3) is 13.0. The molecule has 1 unspecified atom stereocenters. The molecular formula is C12H12FeO3. The van der Waals surface area contributed by atoms with Crippen LogP contribution in [-0.4, -0.2) is 0 Å². The van der Waals surface area contributed by atoms with E-state index >= 15 is 0 Å². The van der Waals surface area contributed by atoms with E-state index in [0.717, 1.165) is 6.42 Å². The fraction of sp³-hybridized carbons (Fsp3) is 0.250. The fourth-order valence-electron chi connectivity index (χ4n) is 1.03. The van der Waals surface area contributed by atoms with Crippen LogP contribution in [-0.2, 0) is 31.0 Å². The van der Waals surface area contributed by atoms with Gasteiger partial charge in [-0.1, -0.05) is 37.8 Å². The van der Waals surface area contributed by atoms with Crippen molar-refractivity contribution >= 4 is 0 Å². The van der Waals surface area contributed by atoms with E-state index in [1.165, 1.54) is 5.57 Å². The molecule has 0 amide bonds. The van der Waals surface area contributed by atoms with Crippen molar-refractivity contribution in [2.24, 2.45) is 5.92 Å². The molecule has 0 aliphatic heterocycles. The molecule has 0 bridgehead atoms. The average Bonchev–Trinajstić information content (AvgIpc) is 2.37. The number of rotatable bonds is 1. The summed E-state index contributed by atoms with van der Waals surface area (Å²) in [5.74, 6) is 0.674. The Hall–Kier alpha value is -1.04. The van der Waals surface area contributed by atoms with Crippen LogP contribution in [0.15, 0.2) is 36.5 Å². The van der Waals surface area contributed by atoms with Crippen LogP contribution in [0.4, 0.5) is 0 Å². The summed E-state index contributed by atoms with van der Waals surface area (Å²) in [4.78, 5) is 0. The Bertz CT molecular complexity index is 257. The predicted molar refractivity (Wildman–Crippen MR) is 53.0 cm³/mol. The molecule has 1 atom stereocenters. The minimum absolute atomic E-state index is 0. The second kappa shape index (κ2) is 23.6. The van der Waals surface area contributed by atoms with Crippen molar-refractivity contribution in [3.63, 3.8) is 0 Å². The second-order valence-electron chi connectivity index (χ2n) is 2.44. The van der Waals surface area contributed by atoms with E-state index in [4.69, 9.17) is 14.0 Å². The first-order chi connectivity index (χ1) is 7.34. The van der Waals surface area contributed by atoms with Gasteiger partial charge in [-0.15, -0.1) is 0 Å². The first-order valence-corrected chi connectivity index (χ1v) is 3.95. The maximum Gasteiger partial charge on any atom is 0 e. The van der Waals surface area contributed by atoms with Gasteiger partial charge in [0.25, 0.3) is 0 Å². The van der Waals surface area contributed by atoms with Gasteiger partial charge in [0.05, 0.1) is 0 Å². The van der Waals surface area contributed by atoms with Gasteiger partial charge in [-0.25, -0.2) is 0 Å². The molecule has 0 spiro atoms. The van der Waals surface area contributed by atoms with Crippen molar-refractivity contribution in [1.82, 2.24) is 0 Å². The van der Waals surface area contributed by atoms with E-state index in [0.29, 0.717) is 5.92 Å². The second-order valence-corrected chi connectivity index (χ2v) is 2.44. The summed E-state index contributed by atoms with van der Waals surface area (Å²) in [5.41, 5.74) is 1.36. The third-order valence-electron chi connectivity index (χ3n) is 1.72. The van der Waals surface area contributed by atoms with Gasteiger partial charge < -0.3 is 0 Å². The van der Waals surface area contributed by atoms with E-state index in [2.05, 4.69) is 51.7 Å². The Morgan fingerprint density at radius 2 is 1.69 bits per heavy atom. The van der Waals surface area contributed by atoms with Gasteiger partial charge in [0.15, 0.2) is 0 Å². The summed E-state index contributed by atoms with van der Waals surface area (Å²) in [6, 6.07) is 0. The van der Waals surface area contributed by atoms with Crippen LogP contribution in [0.25, 0.3) is 0 Å². The molecule has 0 saturated carbocycles. The van der Waals surface area contributed by atoms with Gasteiger partial charge in [0.1, 0.15) is 0 Å². The molecule has 1 rings (SSSR count). The zero-order valence-electron chi connectivity index (χ0n) is 8.88. The zero-order valence-corrected chi connectivity index (χ0v) is 9.98. The monoisotopic (exact) mass is 260 g/mol. The van der Waals surface area contributed by atoms with Crippen molar-refractivity contribution in [2.45, 2.75) is 13.3 Å². The Morgan fingerprint density at radius 3 is 1.94 bits per heavy atom. The van der Waals surface area contributed by atoms with Gasteiger partial charge in [-0.05, 0) is 17.9 Å². The molecule has 0 aromatic carbocycles. The Balaban J connectivity index is -0.0000000900. The van der Waals surface area contributed by atoms with Gasteiger partial charge in [0.2, 0.25) is 0 Å². The van der Waals surface area contributed by atoms with Crippen LogP contribution >= 0.6 is 0 Å². The molecule has 16 heavy (non-hydrogen) atoms. The maximum absolute atomic E-state index is 7.50. The van der Waals surface area contributed by atoms with Crippen molar-refractivity contribution < 1.29 is 31.0 Å². The smallest absolute Gasteiger partial charge is 0 e. The summed E-state index contributed by atoms with van der Waals surface area (Å²) < 4.78 is 22.5. The minimum Gasteiger partial charge on any atom is 0 e. The van der Waals surface area contributed by atoms with E-state index in [9.17, 15) is 0 Å². The molecule has 0 heterocycles. The van der Waals surface area contributed by atoms with Crippen LogP contribution in [0, 0.1) is 25.9 Å². The maximum atomic E-state index is 7.50. The van der Waals surface area contributed by atoms with Crippen LogP contribution < -0.4 is 0 Å². The summed E-state index contributed by atoms with van der Waals surface area (Å²) in [5, 5.41) is 0. The van der Waals surface area contributed by atoms with E-state index < -0.39 is 0 Å². The average molecular weight is 260 g/mol. The molecule has 4 heteroatoms. The first kappa shape index (κ1) is 24.3. The Morgan fingerprint density at radius 1 is 1.25 bits per heavy atom. The molecule has 0 saturated heterocycles. The van der Waals surface area contributed by atoms with Gasteiger partial charge in [0, 0.05) is 17.1 Å². The normalized spacial score (nSPS) is 14.7. The van der Waals surface area contributed by atoms with Crippen LogP contribution in [0.5, 0.6) is 0 Å². The molecule has 3 nitrogen and oxygen atoms in total. The summed E-state index contributed by atoms with van der Waals surface area (Å²) in [6.07, 6.45) is 9.52. The number of hydrogen-bond acceptors (Lipinski definition) is 0. The molecule has 86 valence electrons. The largest absolute Gasteiger partial charge is 0 e. The van der Waals surface area contributed by atoms with Crippen LogP contribution in [0.2, 0.25) is 0 Å². The molecule has 0 N–H and O–H groups in total. The summed E-state index contributed by atoms with van der Waals surface area (Å²) in [7, 11) is 0. The van der Waals surface area contributed by atoms with Crippen molar-refractivity contribution in [3.8, 4) is 0 Å². The molecular weight excluding hydrogens is 248 g/mol. The Kier molecular flexibility index (Phi) is 35.9. The summed E-state index contributed by atoms with van der Waals surface area (Å²) in [6.45, 7) is 19.5. The summed E-state index contributed by atoms with van der Waals surface area (Å²) >= 11 is 0. The predicted octanol–water partition coefficient (Wildman–Crippen LogP) is 2.58. The van der Waals surface area contributed by atoms with Gasteiger partial charge >= 0.3 is 33.9 Å². The first-order valence-electron chi connectivity index (χ1n) is 3.95. The quantitative estimate of drug-likeness (QED) is 0.395. The number of allylic oxidation sites excluding steroid dienone is 5. The van der Waals surface area contributed by atoms with Crippen LogP contribution in [0.1, 0.15) is 13.3 Å². The molecule has 0 aromatic heterocycles. The molecule has 1 aliphatic rings. The molecule has 0 aromatic rings. The van der Waals surface area contributed by atoms with E-state index in [-0.39, 0.29) is 17.1 Å². The van der Waals surface area contributed by atoms with Gasteiger partial charge in [-0.2, -0.15) is 0 Å². The SMILES string of the molecule is C=CC1=CC=CCC1C.[C-]#[O+].[C-]#[O+].[C-]#[O+].[Fe]. The topological polar surface area (TPSA) is 59.7 Å². The number of hydrogen-bond donors (Lipinski definition) is 0. The van der Waals surface area contributed by atoms with Crippen molar-refractivity contribution in [2.75, 3.05) is 0 Å². The van der Waals surface area contributed by atoms with Gasteiger partial charge in [-0.3, -0.25) is 0 Å². The minimum atomic E-state index is 0. The molecule has 0 radical (unpaired) electrons. The zero-order chi connectivity index (χ0) is 12.7. The van der Waals surface area contributed by atoms with Crippen molar-refractivity contribution in [3.05, 3.63) is 56.4 Å².